The summed E-state index contributed by atoms with van der Waals surface area (Å²) in [5, 5.41) is 8.80. The van der Waals surface area contributed by atoms with Crippen LogP contribution in [0.2, 0.25) is 0 Å². The van der Waals surface area contributed by atoms with E-state index in [4.69, 9.17) is 5.11 Å². The first-order valence-electron chi connectivity index (χ1n) is 8.33. The third-order valence-electron chi connectivity index (χ3n) is 4.33. The minimum atomic E-state index is -3.58. The van der Waals surface area contributed by atoms with Crippen molar-refractivity contribution in [3.05, 3.63) is 17.0 Å². The number of aryl methyl sites for hydroxylation is 1. The highest BCUT2D eigenvalue weighted by Gasteiger charge is 2.35. The predicted molar refractivity (Wildman–Crippen MR) is 95.0 cm³/mol. The topological polar surface area (TPSA) is 95.0 Å². The lowest BCUT2D eigenvalue weighted by molar-refractivity contribution is -0.140. The molecule has 1 saturated heterocycles. The number of sulfonamides is 1. The van der Waals surface area contributed by atoms with Gasteiger partial charge in [-0.3, -0.25) is 9.59 Å². The maximum Gasteiger partial charge on any atom is 0.305 e. The molecular weight excluding hydrogens is 364 g/mol. The van der Waals surface area contributed by atoms with E-state index in [-0.39, 0.29) is 25.4 Å². The average molecular weight is 389 g/mol. The summed E-state index contributed by atoms with van der Waals surface area (Å²) in [6.45, 7) is 4.78. The Labute approximate surface area is 152 Å². The summed E-state index contributed by atoms with van der Waals surface area (Å²) < 4.78 is 27.2. The van der Waals surface area contributed by atoms with Gasteiger partial charge in [-0.05, 0) is 38.8 Å². The first-order valence-corrected chi connectivity index (χ1v) is 10.6. The smallest absolute Gasteiger partial charge is 0.305 e. The van der Waals surface area contributed by atoms with Crippen LogP contribution in [0.4, 0.5) is 0 Å². The molecule has 1 fully saturated rings. The molecule has 25 heavy (non-hydrogen) atoms. The molecular formula is C16H24N2O5S2. The van der Waals surface area contributed by atoms with Crippen LogP contribution < -0.4 is 0 Å². The minimum Gasteiger partial charge on any atom is -0.481 e. The Morgan fingerprint density at radius 3 is 2.68 bits per heavy atom. The van der Waals surface area contributed by atoms with E-state index in [9.17, 15) is 18.0 Å². The molecule has 1 atom stereocenters. The number of carbonyl (C=O) groups excluding carboxylic acids is 1. The fraction of sp³-hybridized carbons (Fsp3) is 0.625. The zero-order valence-corrected chi connectivity index (χ0v) is 16.1. The Balaban J connectivity index is 2.09. The van der Waals surface area contributed by atoms with Crippen molar-refractivity contribution >= 4 is 33.2 Å². The number of carboxylic acids is 1. The lowest BCUT2D eigenvalue weighted by Crippen LogP contribution is -2.47. The van der Waals surface area contributed by atoms with E-state index in [1.807, 2.05) is 6.92 Å². The van der Waals surface area contributed by atoms with E-state index in [2.05, 4.69) is 0 Å². The molecule has 0 radical (unpaired) electrons. The zero-order chi connectivity index (χ0) is 18.6. The molecule has 1 aromatic heterocycles. The van der Waals surface area contributed by atoms with Gasteiger partial charge in [0.05, 0.1) is 12.3 Å². The van der Waals surface area contributed by atoms with E-state index < -0.39 is 21.9 Å². The maximum atomic E-state index is 12.8. The van der Waals surface area contributed by atoms with Crippen molar-refractivity contribution < 1.29 is 23.1 Å². The fourth-order valence-electron chi connectivity index (χ4n) is 2.95. The Hall–Kier alpha value is -1.45. The van der Waals surface area contributed by atoms with E-state index in [1.54, 1.807) is 19.1 Å². The van der Waals surface area contributed by atoms with Crippen LogP contribution in [0.5, 0.6) is 0 Å². The molecule has 1 aromatic rings. The molecule has 0 saturated carbocycles. The van der Waals surface area contributed by atoms with Crippen LogP contribution in [0.3, 0.4) is 0 Å². The number of hydrogen-bond acceptors (Lipinski definition) is 5. The Morgan fingerprint density at radius 2 is 2.12 bits per heavy atom. The van der Waals surface area contributed by atoms with Gasteiger partial charge in [-0.15, -0.1) is 11.3 Å². The summed E-state index contributed by atoms with van der Waals surface area (Å²) in [4.78, 5) is 25.8. The molecule has 0 aliphatic carbocycles. The second kappa shape index (κ2) is 8.29. The molecule has 1 N–H and O–H groups in total. The summed E-state index contributed by atoms with van der Waals surface area (Å²) in [6.07, 6.45) is 1.14. The lowest BCUT2D eigenvalue weighted by Gasteiger charge is -2.33. The number of hydrogen-bond donors (Lipinski definition) is 1. The van der Waals surface area contributed by atoms with Crippen molar-refractivity contribution in [1.29, 1.82) is 0 Å². The van der Waals surface area contributed by atoms with Crippen molar-refractivity contribution in [3.8, 4) is 0 Å². The van der Waals surface area contributed by atoms with Crippen LogP contribution in [0.15, 0.2) is 16.3 Å². The van der Waals surface area contributed by atoms with E-state index in [0.29, 0.717) is 30.1 Å². The number of carbonyl (C=O) groups is 2. The van der Waals surface area contributed by atoms with Gasteiger partial charge < -0.3 is 10.0 Å². The molecule has 1 unspecified atom stereocenters. The largest absolute Gasteiger partial charge is 0.481 e. The van der Waals surface area contributed by atoms with Crippen molar-refractivity contribution in [2.24, 2.45) is 5.92 Å². The highest BCUT2D eigenvalue weighted by Crippen LogP contribution is 2.28. The molecule has 1 aliphatic rings. The second-order valence-electron chi connectivity index (χ2n) is 6.13. The Morgan fingerprint density at radius 1 is 1.40 bits per heavy atom. The summed E-state index contributed by atoms with van der Waals surface area (Å²) in [7, 11) is -3.58. The summed E-state index contributed by atoms with van der Waals surface area (Å²) in [6, 6.07) is 3.38. The monoisotopic (exact) mass is 388 g/mol. The van der Waals surface area contributed by atoms with Crippen molar-refractivity contribution in [2.45, 2.75) is 37.3 Å². The number of thiophene rings is 1. The van der Waals surface area contributed by atoms with Gasteiger partial charge in [0.2, 0.25) is 5.91 Å². The van der Waals surface area contributed by atoms with Crippen LogP contribution in [0.25, 0.3) is 0 Å². The van der Waals surface area contributed by atoms with Crippen molar-refractivity contribution in [2.75, 3.05) is 26.2 Å². The normalized spacial score (nSPS) is 18.9. The van der Waals surface area contributed by atoms with E-state index in [1.165, 1.54) is 20.5 Å². The molecule has 2 rings (SSSR count). The summed E-state index contributed by atoms with van der Waals surface area (Å²) >= 11 is 1.23. The zero-order valence-electron chi connectivity index (χ0n) is 14.5. The highest BCUT2D eigenvalue weighted by molar-refractivity contribution is 7.91. The SMILES string of the molecule is CCN(CCC(=O)O)C(=O)C1CCCN(S(=O)(=O)c2ccc(C)s2)C1. The first-order chi connectivity index (χ1) is 11.8. The molecule has 9 heteroatoms. The molecule has 1 amide bonds. The van der Waals surface area contributed by atoms with E-state index in [0.717, 1.165) is 4.88 Å². The number of aliphatic carboxylic acids is 1. The Bertz CT molecular complexity index is 729. The van der Waals surface area contributed by atoms with Crippen LogP contribution >= 0.6 is 11.3 Å². The van der Waals surface area contributed by atoms with Gasteiger partial charge in [0.25, 0.3) is 10.0 Å². The maximum absolute atomic E-state index is 12.8. The fourth-order valence-corrected chi connectivity index (χ4v) is 5.91. The minimum absolute atomic E-state index is 0.108. The van der Waals surface area contributed by atoms with Gasteiger partial charge in [0.15, 0.2) is 0 Å². The lowest BCUT2D eigenvalue weighted by atomic mass is 9.98. The number of amides is 1. The van der Waals surface area contributed by atoms with Gasteiger partial charge >= 0.3 is 5.97 Å². The molecule has 2 heterocycles. The molecule has 140 valence electrons. The van der Waals surface area contributed by atoms with Gasteiger partial charge in [0, 0.05) is 31.1 Å². The van der Waals surface area contributed by atoms with Crippen LogP contribution in [-0.4, -0.2) is 60.8 Å². The van der Waals surface area contributed by atoms with Gasteiger partial charge in [-0.2, -0.15) is 4.31 Å². The van der Waals surface area contributed by atoms with Crippen LogP contribution in [0.1, 0.15) is 31.1 Å². The summed E-state index contributed by atoms with van der Waals surface area (Å²) in [5.74, 6) is -1.53. The molecule has 0 aromatic carbocycles. The molecule has 7 nitrogen and oxygen atoms in total. The Kier molecular flexibility index (Phi) is 6.59. The number of carboxylic acid groups (broad SMARTS) is 1. The molecule has 0 spiro atoms. The number of nitrogens with zero attached hydrogens (tertiary/aromatic N) is 2. The quantitative estimate of drug-likeness (QED) is 0.768. The average Bonchev–Trinajstić information content (AvgIpc) is 3.02. The van der Waals surface area contributed by atoms with Gasteiger partial charge in [-0.25, -0.2) is 8.42 Å². The molecule has 0 bridgehead atoms. The van der Waals surface area contributed by atoms with Gasteiger partial charge in [0.1, 0.15) is 4.21 Å². The van der Waals surface area contributed by atoms with Crippen molar-refractivity contribution in [1.82, 2.24) is 9.21 Å². The summed E-state index contributed by atoms with van der Waals surface area (Å²) in [5.41, 5.74) is 0. The van der Waals surface area contributed by atoms with Crippen LogP contribution in [-0.2, 0) is 19.6 Å². The molecule has 1 aliphatic heterocycles. The standard InChI is InChI=1S/C16H24N2O5S2/c1-3-17(10-8-14(19)20)16(21)13-5-4-9-18(11-13)25(22,23)15-7-6-12(2)24-15/h6-7,13H,3-5,8-11H2,1-2H3,(H,19,20). The third kappa shape index (κ3) is 4.80. The first kappa shape index (κ1) is 19.9. The van der Waals surface area contributed by atoms with E-state index >= 15 is 0 Å². The van der Waals surface area contributed by atoms with Crippen LogP contribution in [0, 0.1) is 12.8 Å². The number of piperidine rings is 1. The third-order valence-corrected chi connectivity index (χ3v) is 7.67. The number of rotatable bonds is 7. The van der Waals surface area contributed by atoms with Crippen molar-refractivity contribution in [3.63, 3.8) is 0 Å². The second-order valence-corrected chi connectivity index (χ2v) is 9.58. The predicted octanol–water partition coefficient (Wildman–Crippen LogP) is 1.78. The highest BCUT2D eigenvalue weighted by atomic mass is 32.2. The van der Waals surface area contributed by atoms with Gasteiger partial charge in [-0.1, -0.05) is 0 Å².